The van der Waals surface area contributed by atoms with Crippen LogP contribution in [0.15, 0.2) is 29.3 Å². The van der Waals surface area contributed by atoms with Crippen molar-refractivity contribution in [2.75, 3.05) is 33.4 Å². The topological polar surface area (TPSA) is 118 Å². The van der Waals surface area contributed by atoms with Gasteiger partial charge >= 0.3 is 0 Å². The molecule has 0 unspecified atom stereocenters. The standard InChI is InChI=1S/C19H31N5O3.HI/c1-3-4-11-27-12-5-10-22-19(21-2)24-13-15-6-8-16(9-7-15)18(26)23-14-17(20)25;/h6-9H,3-5,10-14H2,1-2H3,(H2,20,25)(H,23,26)(H2,21,22,24);1H. The number of carbonyl (C=O) groups excluding carboxylic acids is 2. The fraction of sp³-hybridized carbons (Fsp3) is 0.526. The zero-order valence-corrected chi connectivity index (χ0v) is 19.0. The molecule has 0 spiro atoms. The van der Waals surface area contributed by atoms with Crippen LogP contribution in [-0.4, -0.2) is 51.1 Å². The summed E-state index contributed by atoms with van der Waals surface area (Å²) in [7, 11) is 1.72. The first-order chi connectivity index (χ1) is 13.1. The van der Waals surface area contributed by atoms with Crippen molar-refractivity contribution in [1.82, 2.24) is 16.0 Å². The number of unbranched alkanes of at least 4 members (excludes halogenated alkanes) is 1. The monoisotopic (exact) mass is 505 g/mol. The maximum atomic E-state index is 11.8. The number of nitrogens with zero attached hydrogens (tertiary/aromatic N) is 1. The van der Waals surface area contributed by atoms with Crippen LogP contribution in [0, 0.1) is 0 Å². The molecule has 0 aliphatic carbocycles. The molecule has 0 heterocycles. The van der Waals surface area contributed by atoms with Crippen LogP contribution < -0.4 is 21.7 Å². The van der Waals surface area contributed by atoms with Crippen LogP contribution in [0.3, 0.4) is 0 Å². The normalized spacial score (nSPS) is 10.7. The number of guanidine groups is 1. The summed E-state index contributed by atoms with van der Waals surface area (Å²) in [6.45, 7) is 4.89. The van der Waals surface area contributed by atoms with Gasteiger partial charge in [0.05, 0.1) is 6.54 Å². The summed E-state index contributed by atoms with van der Waals surface area (Å²) in [5.41, 5.74) is 6.49. The van der Waals surface area contributed by atoms with E-state index in [2.05, 4.69) is 27.9 Å². The molecular weight excluding hydrogens is 473 g/mol. The van der Waals surface area contributed by atoms with E-state index in [1.54, 1.807) is 19.2 Å². The van der Waals surface area contributed by atoms with Gasteiger partial charge in [-0.2, -0.15) is 0 Å². The van der Waals surface area contributed by atoms with Crippen molar-refractivity contribution >= 4 is 41.8 Å². The number of hydrogen-bond donors (Lipinski definition) is 4. The lowest BCUT2D eigenvalue weighted by molar-refractivity contribution is -0.117. The average Bonchev–Trinajstić information content (AvgIpc) is 2.68. The summed E-state index contributed by atoms with van der Waals surface area (Å²) in [6, 6.07) is 7.11. The number of benzene rings is 1. The van der Waals surface area contributed by atoms with Gasteiger partial charge in [0, 0.05) is 38.9 Å². The minimum absolute atomic E-state index is 0. The molecule has 0 saturated heterocycles. The second-order valence-corrected chi connectivity index (χ2v) is 6.02. The number of rotatable bonds is 12. The molecule has 1 aromatic carbocycles. The highest BCUT2D eigenvalue weighted by Crippen LogP contribution is 2.04. The van der Waals surface area contributed by atoms with E-state index in [-0.39, 0.29) is 36.4 Å². The number of aliphatic imine (C=N–C) groups is 1. The molecule has 0 saturated carbocycles. The second-order valence-electron chi connectivity index (χ2n) is 6.02. The molecule has 0 atom stereocenters. The van der Waals surface area contributed by atoms with Crippen molar-refractivity contribution < 1.29 is 14.3 Å². The van der Waals surface area contributed by atoms with E-state index >= 15 is 0 Å². The van der Waals surface area contributed by atoms with E-state index < -0.39 is 5.91 Å². The molecule has 0 aromatic heterocycles. The number of hydrogen-bond acceptors (Lipinski definition) is 4. The summed E-state index contributed by atoms with van der Waals surface area (Å²) in [6.07, 6.45) is 3.16. The van der Waals surface area contributed by atoms with Crippen LogP contribution in [0.5, 0.6) is 0 Å². The maximum absolute atomic E-state index is 11.8. The van der Waals surface area contributed by atoms with E-state index in [0.29, 0.717) is 18.1 Å². The number of ether oxygens (including phenoxy) is 1. The molecule has 0 radical (unpaired) electrons. The number of amides is 2. The van der Waals surface area contributed by atoms with Crippen molar-refractivity contribution in [2.24, 2.45) is 10.7 Å². The van der Waals surface area contributed by atoms with Gasteiger partial charge in [-0.3, -0.25) is 14.6 Å². The van der Waals surface area contributed by atoms with Crippen LogP contribution >= 0.6 is 24.0 Å². The Hall–Kier alpha value is -1.88. The van der Waals surface area contributed by atoms with Crippen molar-refractivity contribution in [3.05, 3.63) is 35.4 Å². The van der Waals surface area contributed by atoms with Crippen LogP contribution in [0.4, 0.5) is 0 Å². The lowest BCUT2D eigenvalue weighted by atomic mass is 10.1. The van der Waals surface area contributed by atoms with Crippen molar-refractivity contribution in [3.63, 3.8) is 0 Å². The Morgan fingerprint density at radius 3 is 2.36 bits per heavy atom. The Kier molecular flexibility index (Phi) is 15.0. The zero-order valence-electron chi connectivity index (χ0n) is 16.6. The number of nitrogens with two attached hydrogens (primary N) is 1. The summed E-state index contributed by atoms with van der Waals surface area (Å²) in [4.78, 5) is 26.7. The van der Waals surface area contributed by atoms with Crippen LogP contribution in [0.1, 0.15) is 42.1 Å². The van der Waals surface area contributed by atoms with Gasteiger partial charge in [0.25, 0.3) is 5.91 Å². The van der Waals surface area contributed by atoms with Crippen LogP contribution in [0.25, 0.3) is 0 Å². The lowest BCUT2D eigenvalue weighted by Crippen LogP contribution is -2.37. The number of carbonyl (C=O) groups is 2. The van der Waals surface area contributed by atoms with Crippen molar-refractivity contribution in [2.45, 2.75) is 32.7 Å². The molecular formula is C19H32IN5O3. The van der Waals surface area contributed by atoms with E-state index in [9.17, 15) is 9.59 Å². The average molecular weight is 505 g/mol. The molecule has 9 heteroatoms. The van der Waals surface area contributed by atoms with Crippen molar-refractivity contribution in [1.29, 1.82) is 0 Å². The highest BCUT2D eigenvalue weighted by Gasteiger charge is 2.06. The van der Waals surface area contributed by atoms with E-state index in [4.69, 9.17) is 10.5 Å². The third kappa shape index (κ3) is 11.8. The Morgan fingerprint density at radius 2 is 1.75 bits per heavy atom. The molecule has 8 nitrogen and oxygen atoms in total. The van der Waals surface area contributed by atoms with Gasteiger partial charge < -0.3 is 26.4 Å². The first-order valence-electron chi connectivity index (χ1n) is 9.24. The van der Waals surface area contributed by atoms with E-state index in [1.165, 1.54) is 0 Å². The van der Waals surface area contributed by atoms with Gasteiger partial charge in [-0.05, 0) is 30.5 Å². The first kappa shape index (κ1) is 26.1. The molecule has 1 rings (SSSR count). The van der Waals surface area contributed by atoms with Crippen molar-refractivity contribution in [3.8, 4) is 0 Å². The summed E-state index contributed by atoms with van der Waals surface area (Å²) in [5.74, 6) is -0.186. The highest BCUT2D eigenvalue weighted by molar-refractivity contribution is 14.0. The minimum atomic E-state index is -0.574. The quantitative estimate of drug-likeness (QED) is 0.148. The van der Waals surface area contributed by atoms with E-state index in [0.717, 1.165) is 44.6 Å². The Balaban J connectivity index is 0.00000729. The number of primary amides is 1. The van der Waals surface area contributed by atoms with Gasteiger partial charge in [-0.1, -0.05) is 25.5 Å². The van der Waals surface area contributed by atoms with Gasteiger partial charge in [-0.15, -0.1) is 24.0 Å². The molecule has 5 N–H and O–H groups in total. The molecule has 158 valence electrons. The van der Waals surface area contributed by atoms with Crippen LogP contribution in [0.2, 0.25) is 0 Å². The fourth-order valence-electron chi connectivity index (χ4n) is 2.18. The molecule has 0 fully saturated rings. The van der Waals surface area contributed by atoms with E-state index in [1.807, 2.05) is 12.1 Å². The van der Waals surface area contributed by atoms with Gasteiger partial charge in [0.15, 0.2) is 5.96 Å². The predicted molar refractivity (Wildman–Crippen MR) is 122 cm³/mol. The molecule has 0 aliphatic rings. The molecule has 0 bridgehead atoms. The first-order valence-corrected chi connectivity index (χ1v) is 9.24. The smallest absolute Gasteiger partial charge is 0.251 e. The van der Waals surface area contributed by atoms with Gasteiger partial charge in [0.1, 0.15) is 0 Å². The summed E-state index contributed by atoms with van der Waals surface area (Å²) < 4.78 is 5.52. The minimum Gasteiger partial charge on any atom is -0.381 e. The zero-order chi connectivity index (χ0) is 19.9. The van der Waals surface area contributed by atoms with Gasteiger partial charge in [-0.25, -0.2) is 0 Å². The molecule has 28 heavy (non-hydrogen) atoms. The Bertz CT molecular complexity index is 608. The summed E-state index contributed by atoms with van der Waals surface area (Å²) >= 11 is 0. The Labute approximate surface area is 184 Å². The number of halogens is 1. The number of nitrogens with one attached hydrogen (secondary N) is 3. The molecule has 1 aromatic rings. The van der Waals surface area contributed by atoms with Gasteiger partial charge in [0.2, 0.25) is 5.91 Å². The highest BCUT2D eigenvalue weighted by atomic mass is 127. The van der Waals surface area contributed by atoms with Crippen LogP contribution in [-0.2, 0) is 16.1 Å². The second kappa shape index (κ2) is 16.1. The lowest BCUT2D eigenvalue weighted by Gasteiger charge is -2.12. The largest absolute Gasteiger partial charge is 0.381 e. The third-order valence-corrected chi connectivity index (χ3v) is 3.72. The SMILES string of the molecule is CCCCOCCCNC(=NC)NCc1ccc(C(=O)NCC(N)=O)cc1.I. The fourth-order valence-corrected chi connectivity index (χ4v) is 2.18. The summed E-state index contributed by atoms with van der Waals surface area (Å²) in [5, 5.41) is 8.91. The third-order valence-electron chi connectivity index (χ3n) is 3.72. The maximum Gasteiger partial charge on any atom is 0.251 e. The predicted octanol–water partition coefficient (Wildman–Crippen LogP) is 1.39. The molecule has 0 aliphatic heterocycles. The Morgan fingerprint density at radius 1 is 1.07 bits per heavy atom. The molecule has 2 amide bonds.